The molecule has 40 heavy (non-hydrogen) atoms. The first-order valence-corrected chi connectivity index (χ1v) is 13.8. The van der Waals surface area contributed by atoms with Gasteiger partial charge in [0.25, 0.3) is 17.5 Å². The largest absolute Gasteiger partial charge is 0.378 e. The highest BCUT2D eigenvalue weighted by atomic mass is 16.6. The summed E-state index contributed by atoms with van der Waals surface area (Å²) in [6.07, 6.45) is 4.00. The molecule has 0 radical (unpaired) electrons. The first-order chi connectivity index (χ1) is 19.4. The highest BCUT2D eigenvalue weighted by Gasteiger charge is 2.36. The average Bonchev–Trinajstić information content (AvgIpc) is 3.73. The Bertz CT molecular complexity index is 1540. The van der Waals surface area contributed by atoms with Gasteiger partial charge in [0, 0.05) is 48.2 Å². The number of anilines is 1. The van der Waals surface area contributed by atoms with E-state index in [-0.39, 0.29) is 57.9 Å². The molecule has 0 unspecified atom stereocenters. The van der Waals surface area contributed by atoms with Crippen LogP contribution >= 0.6 is 0 Å². The Labute approximate surface area is 230 Å². The second kappa shape index (κ2) is 10.7. The van der Waals surface area contributed by atoms with Gasteiger partial charge in [-0.3, -0.25) is 24.5 Å². The third-order valence-corrected chi connectivity index (χ3v) is 8.07. The molecular weight excluding hydrogens is 514 g/mol. The maximum absolute atomic E-state index is 13.7. The van der Waals surface area contributed by atoms with Gasteiger partial charge in [0.15, 0.2) is 0 Å². The Morgan fingerprint density at radius 2 is 1.75 bits per heavy atom. The molecule has 2 aromatic carbocycles. The number of amides is 2. The van der Waals surface area contributed by atoms with E-state index in [1.54, 1.807) is 41.3 Å². The number of H-pyrrole nitrogens is 1. The summed E-state index contributed by atoms with van der Waals surface area (Å²) in [5, 5.41) is 19.3. The number of morpholine rings is 1. The van der Waals surface area contributed by atoms with Crippen LogP contribution in [0.3, 0.4) is 0 Å². The summed E-state index contributed by atoms with van der Waals surface area (Å²) in [6.45, 7) is 1.69. The number of rotatable bonds is 7. The Morgan fingerprint density at radius 1 is 1.00 bits per heavy atom. The fraction of sp³-hybridized carbons (Fsp3) is 0.414. The van der Waals surface area contributed by atoms with E-state index < -0.39 is 4.92 Å². The number of para-hydroxylation sites is 1. The Morgan fingerprint density at radius 3 is 2.50 bits per heavy atom. The van der Waals surface area contributed by atoms with E-state index in [0.717, 1.165) is 24.8 Å². The van der Waals surface area contributed by atoms with E-state index in [2.05, 4.69) is 15.6 Å². The number of ether oxygens (including phenoxy) is 1. The maximum Gasteiger partial charge on any atom is 0.293 e. The second-order valence-corrected chi connectivity index (χ2v) is 10.8. The number of benzene rings is 2. The molecule has 0 spiro atoms. The van der Waals surface area contributed by atoms with E-state index in [0.29, 0.717) is 50.0 Å². The van der Waals surface area contributed by atoms with Gasteiger partial charge in [-0.1, -0.05) is 18.2 Å². The highest BCUT2D eigenvalue weighted by molar-refractivity contribution is 6.06. The average molecular weight is 546 g/mol. The van der Waals surface area contributed by atoms with Crippen molar-refractivity contribution in [3.8, 4) is 0 Å². The first-order valence-electron chi connectivity index (χ1n) is 13.8. The number of carbonyl (C=O) groups is 2. The number of pyridine rings is 1. The lowest BCUT2D eigenvalue weighted by Gasteiger charge is -2.29. The minimum Gasteiger partial charge on any atom is -0.378 e. The summed E-state index contributed by atoms with van der Waals surface area (Å²) < 4.78 is 5.40. The summed E-state index contributed by atoms with van der Waals surface area (Å²) in [5.74, 6) is -0.416. The van der Waals surface area contributed by atoms with Crippen molar-refractivity contribution in [2.75, 3.05) is 31.6 Å². The number of hydrogen-bond acceptors (Lipinski definition) is 7. The van der Waals surface area contributed by atoms with Crippen molar-refractivity contribution in [2.45, 2.75) is 50.1 Å². The predicted octanol–water partition coefficient (Wildman–Crippen LogP) is 3.55. The Balaban J connectivity index is 1.31. The van der Waals surface area contributed by atoms with Crippen LogP contribution in [0.1, 0.15) is 64.3 Å². The van der Waals surface area contributed by atoms with Crippen molar-refractivity contribution >= 4 is 34.1 Å². The SMILES string of the molecule is O=C(N[C@H]1CCC[C@H]1Nc1c(C(=O)N2CCOCC2)cc(C2CC2)cc1[N+](=O)[O-])c1cc(=O)[nH]c2ccccc12. The monoisotopic (exact) mass is 545 g/mol. The molecule has 208 valence electrons. The minimum atomic E-state index is -0.435. The van der Waals surface area contributed by atoms with Gasteiger partial charge in [0.2, 0.25) is 5.56 Å². The molecule has 3 N–H and O–H groups in total. The van der Waals surface area contributed by atoms with Crippen LogP contribution < -0.4 is 16.2 Å². The number of nitrogens with one attached hydrogen (secondary N) is 3. The van der Waals surface area contributed by atoms with E-state index >= 15 is 0 Å². The molecule has 3 aromatic rings. The van der Waals surface area contributed by atoms with E-state index in [1.807, 2.05) is 0 Å². The number of carbonyl (C=O) groups excluding carboxylic acids is 2. The number of aromatic nitrogens is 1. The number of hydrogen-bond donors (Lipinski definition) is 3. The van der Waals surface area contributed by atoms with Crippen LogP contribution in [0.2, 0.25) is 0 Å². The van der Waals surface area contributed by atoms with Crippen LogP contribution in [0.4, 0.5) is 11.4 Å². The summed E-state index contributed by atoms with van der Waals surface area (Å²) in [7, 11) is 0. The van der Waals surface area contributed by atoms with Crippen molar-refractivity contribution in [3.05, 3.63) is 79.6 Å². The van der Waals surface area contributed by atoms with Crippen LogP contribution in [0.25, 0.3) is 10.9 Å². The van der Waals surface area contributed by atoms with Crippen LogP contribution in [0.5, 0.6) is 0 Å². The summed E-state index contributed by atoms with van der Waals surface area (Å²) in [6, 6.07) is 11.1. The molecule has 1 aliphatic heterocycles. The van der Waals surface area contributed by atoms with Crippen LogP contribution in [0, 0.1) is 10.1 Å². The molecule has 2 atom stereocenters. The number of nitrogens with zero attached hydrogens (tertiary/aromatic N) is 2. The van der Waals surface area contributed by atoms with E-state index in [9.17, 15) is 24.5 Å². The molecule has 2 amide bonds. The molecule has 3 aliphatic rings. The first kappa shape index (κ1) is 26.0. The minimum absolute atomic E-state index is 0.126. The molecule has 3 fully saturated rings. The van der Waals surface area contributed by atoms with E-state index in [1.165, 1.54) is 6.07 Å². The van der Waals surface area contributed by atoms with Gasteiger partial charge >= 0.3 is 0 Å². The lowest BCUT2D eigenvalue weighted by atomic mass is 10.0. The van der Waals surface area contributed by atoms with Crippen molar-refractivity contribution in [1.29, 1.82) is 0 Å². The second-order valence-electron chi connectivity index (χ2n) is 10.8. The number of nitro benzene ring substituents is 1. The fourth-order valence-corrected chi connectivity index (χ4v) is 5.83. The zero-order valence-corrected chi connectivity index (χ0v) is 22.0. The Kier molecular flexibility index (Phi) is 6.97. The highest BCUT2D eigenvalue weighted by Crippen LogP contribution is 2.44. The zero-order valence-electron chi connectivity index (χ0n) is 22.0. The van der Waals surface area contributed by atoms with Gasteiger partial charge in [-0.25, -0.2) is 0 Å². The Hall–Kier alpha value is -4.25. The number of fused-ring (bicyclic) bond motifs is 1. The fourth-order valence-electron chi connectivity index (χ4n) is 5.83. The lowest BCUT2D eigenvalue weighted by Crippen LogP contribution is -2.44. The zero-order chi connectivity index (χ0) is 27.8. The summed E-state index contributed by atoms with van der Waals surface area (Å²) >= 11 is 0. The normalized spacial score (nSPS) is 20.9. The van der Waals surface area contributed by atoms with Gasteiger partial charge in [-0.2, -0.15) is 0 Å². The molecule has 1 aromatic heterocycles. The molecule has 2 saturated carbocycles. The molecule has 1 saturated heterocycles. The van der Waals surface area contributed by atoms with Crippen LogP contribution in [0.15, 0.2) is 47.3 Å². The molecule has 11 nitrogen and oxygen atoms in total. The van der Waals surface area contributed by atoms with Gasteiger partial charge in [0.05, 0.1) is 29.3 Å². The van der Waals surface area contributed by atoms with Crippen molar-refractivity contribution in [1.82, 2.24) is 15.2 Å². The molecule has 2 heterocycles. The molecule has 2 aliphatic carbocycles. The summed E-state index contributed by atoms with van der Waals surface area (Å²) in [4.78, 5) is 55.5. The molecular formula is C29H31N5O6. The van der Waals surface area contributed by atoms with Gasteiger partial charge in [-0.15, -0.1) is 0 Å². The van der Waals surface area contributed by atoms with Crippen LogP contribution in [-0.2, 0) is 4.74 Å². The van der Waals surface area contributed by atoms with Crippen molar-refractivity contribution < 1.29 is 19.2 Å². The van der Waals surface area contributed by atoms with Crippen LogP contribution in [-0.4, -0.2) is 65.0 Å². The quantitative estimate of drug-likeness (QED) is 0.304. The van der Waals surface area contributed by atoms with Gasteiger partial charge in [-0.05, 0) is 55.7 Å². The number of nitro groups is 1. The standard InChI is InChI=1S/C29H31N5O6/c35-26-16-20(19-4-1-2-5-22(19)30-26)28(36)32-24-7-3-6-23(24)31-27-21(29(37)33-10-12-40-13-11-33)14-18(17-8-9-17)15-25(27)34(38)39/h1-2,4-5,14-17,23-24,31H,3,6-13H2,(H,30,35)(H,32,36)/t23-,24+/m1/s1. The molecule has 11 heteroatoms. The van der Waals surface area contributed by atoms with Gasteiger partial charge in [0.1, 0.15) is 5.69 Å². The topological polar surface area (TPSA) is 147 Å². The predicted molar refractivity (Wildman–Crippen MR) is 149 cm³/mol. The number of aromatic amines is 1. The lowest BCUT2D eigenvalue weighted by molar-refractivity contribution is -0.384. The molecule has 6 rings (SSSR count). The van der Waals surface area contributed by atoms with Crippen molar-refractivity contribution in [3.63, 3.8) is 0 Å². The molecule has 0 bridgehead atoms. The smallest absolute Gasteiger partial charge is 0.293 e. The van der Waals surface area contributed by atoms with E-state index in [4.69, 9.17) is 4.74 Å². The van der Waals surface area contributed by atoms with Crippen molar-refractivity contribution in [2.24, 2.45) is 0 Å². The van der Waals surface area contributed by atoms with Gasteiger partial charge < -0.3 is 25.3 Å². The summed E-state index contributed by atoms with van der Waals surface area (Å²) in [5.41, 5.74) is 1.63. The third-order valence-electron chi connectivity index (χ3n) is 8.07. The third kappa shape index (κ3) is 5.16. The maximum atomic E-state index is 13.7.